The number of hydrogen-bond donors (Lipinski definition) is 1. The van der Waals surface area contributed by atoms with Crippen LogP contribution in [0, 0.1) is 0 Å². The zero-order valence-corrected chi connectivity index (χ0v) is 16.6. The van der Waals surface area contributed by atoms with Crippen LogP contribution in [0.1, 0.15) is 76.3 Å². The summed E-state index contributed by atoms with van der Waals surface area (Å²) in [4.78, 5) is 0. The normalized spacial score (nSPS) is 14.8. The molecule has 1 heteroatoms. The van der Waals surface area contributed by atoms with Crippen LogP contribution in [-0.2, 0) is 17.3 Å². The van der Waals surface area contributed by atoms with Crippen LogP contribution < -0.4 is 0 Å². The van der Waals surface area contributed by atoms with Crippen molar-refractivity contribution in [1.29, 1.82) is 0 Å². The average molecular weight is 335 g/mol. The van der Waals surface area contributed by atoms with E-state index in [4.69, 9.17) is 0 Å². The summed E-state index contributed by atoms with van der Waals surface area (Å²) in [6, 6.07) is 13.0. The second-order valence-electron chi connectivity index (χ2n) is 9.41. The highest BCUT2D eigenvalue weighted by molar-refractivity contribution is 5.90. The molecule has 0 heterocycles. The SMILES string of the molecule is CC1=C(c2cc(C(C)(C)C)cc(C(C)(C)C)c2O)c2ccccc2C1. The molecule has 2 aromatic carbocycles. The summed E-state index contributed by atoms with van der Waals surface area (Å²) < 4.78 is 0. The van der Waals surface area contributed by atoms with Gasteiger partial charge in [-0.3, -0.25) is 0 Å². The molecule has 0 unspecified atom stereocenters. The van der Waals surface area contributed by atoms with Crippen molar-refractivity contribution in [3.63, 3.8) is 0 Å². The molecule has 1 aliphatic rings. The van der Waals surface area contributed by atoms with Crippen molar-refractivity contribution in [3.8, 4) is 5.75 Å². The Balaban J connectivity index is 2.32. The maximum atomic E-state index is 11.2. The maximum Gasteiger partial charge on any atom is 0.127 e. The number of phenolic OH excluding ortho intramolecular Hbond substituents is 1. The molecule has 0 fully saturated rings. The van der Waals surface area contributed by atoms with Gasteiger partial charge in [0.25, 0.3) is 0 Å². The summed E-state index contributed by atoms with van der Waals surface area (Å²) in [5.41, 5.74) is 8.39. The predicted octanol–water partition coefficient (Wildman–Crippen LogP) is 6.37. The Hall–Kier alpha value is -2.02. The Morgan fingerprint density at radius 2 is 1.48 bits per heavy atom. The quantitative estimate of drug-likeness (QED) is 0.643. The van der Waals surface area contributed by atoms with Crippen LogP contribution in [0.3, 0.4) is 0 Å². The van der Waals surface area contributed by atoms with E-state index in [1.807, 2.05) is 0 Å². The fourth-order valence-electron chi connectivity index (χ4n) is 3.73. The number of benzene rings is 2. The molecule has 0 radical (unpaired) electrons. The molecule has 25 heavy (non-hydrogen) atoms. The zero-order chi connectivity index (χ0) is 18.6. The zero-order valence-electron chi connectivity index (χ0n) is 16.6. The minimum atomic E-state index is -0.104. The molecule has 1 nitrogen and oxygen atoms in total. The molecule has 0 bridgehead atoms. The van der Waals surface area contributed by atoms with Crippen molar-refractivity contribution < 1.29 is 5.11 Å². The van der Waals surface area contributed by atoms with Crippen LogP contribution in [0.5, 0.6) is 5.75 Å². The van der Waals surface area contributed by atoms with E-state index in [2.05, 4.69) is 84.9 Å². The highest BCUT2D eigenvalue weighted by Crippen LogP contribution is 2.45. The first-order chi connectivity index (χ1) is 11.5. The first kappa shape index (κ1) is 17.8. The van der Waals surface area contributed by atoms with Crippen molar-refractivity contribution >= 4 is 5.57 Å². The van der Waals surface area contributed by atoms with Crippen LogP contribution in [0.25, 0.3) is 5.57 Å². The van der Waals surface area contributed by atoms with Gasteiger partial charge in [0.1, 0.15) is 5.75 Å². The number of allylic oxidation sites excluding steroid dienone is 1. The molecule has 1 N–H and O–H groups in total. The Kier molecular flexibility index (Phi) is 4.10. The van der Waals surface area contributed by atoms with E-state index in [0.29, 0.717) is 5.75 Å². The smallest absolute Gasteiger partial charge is 0.127 e. The number of phenols is 1. The topological polar surface area (TPSA) is 20.2 Å². The fourth-order valence-corrected chi connectivity index (χ4v) is 3.73. The number of hydrogen-bond acceptors (Lipinski definition) is 1. The van der Waals surface area contributed by atoms with Gasteiger partial charge in [-0.2, -0.15) is 0 Å². The highest BCUT2D eigenvalue weighted by Gasteiger charge is 2.29. The van der Waals surface area contributed by atoms with Gasteiger partial charge in [0, 0.05) is 11.1 Å². The van der Waals surface area contributed by atoms with E-state index in [1.54, 1.807) is 0 Å². The van der Waals surface area contributed by atoms with Gasteiger partial charge in [-0.15, -0.1) is 0 Å². The Bertz CT molecular complexity index is 855. The lowest BCUT2D eigenvalue weighted by Gasteiger charge is -2.28. The summed E-state index contributed by atoms with van der Waals surface area (Å²) in [5, 5.41) is 11.2. The van der Waals surface area contributed by atoms with Crippen LogP contribution in [0.4, 0.5) is 0 Å². The minimum Gasteiger partial charge on any atom is -0.507 e. The van der Waals surface area contributed by atoms with E-state index in [1.165, 1.54) is 27.8 Å². The third kappa shape index (κ3) is 3.13. The lowest BCUT2D eigenvalue weighted by molar-refractivity contribution is 0.443. The molecule has 0 amide bonds. The summed E-state index contributed by atoms with van der Waals surface area (Å²) >= 11 is 0. The Morgan fingerprint density at radius 3 is 2.08 bits per heavy atom. The van der Waals surface area contributed by atoms with Crippen LogP contribution in [0.15, 0.2) is 42.0 Å². The standard InChI is InChI=1S/C24H30O/c1-15-12-16-10-8-9-11-18(16)21(15)19-13-17(23(2,3)4)14-20(22(19)25)24(5,6)7/h8-11,13-14,25H,12H2,1-7H3. The maximum absolute atomic E-state index is 11.2. The first-order valence-electron chi connectivity index (χ1n) is 9.16. The van der Waals surface area contributed by atoms with Gasteiger partial charge in [-0.05, 0) is 52.5 Å². The molecular weight excluding hydrogens is 304 g/mol. The van der Waals surface area contributed by atoms with E-state index < -0.39 is 0 Å². The molecule has 0 saturated carbocycles. The van der Waals surface area contributed by atoms with E-state index >= 15 is 0 Å². The molecule has 132 valence electrons. The second kappa shape index (κ2) is 5.76. The molecule has 0 saturated heterocycles. The lowest BCUT2D eigenvalue weighted by Crippen LogP contribution is -2.17. The molecule has 0 aromatic heterocycles. The first-order valence-corrected chi connectivity index (χ1v) is 9.16. The van der Waals surface area contributed by atoms with Crippen LogP contribution in [0.2, 0.25) is 0 Å². The van der Waals surface area contributed by atoms with E-state index in [0.717, 1.165) is 17.5 Å². The fraction of sp³-hybridized carbons (Fsp3) is 0.417. The second-order valence-corrected chi connectivity index (χ2v) is 9.41. The van der Waals surface area contributed by atoms with Gasteiger partial charge in [0.2, 0.25) is 0 Å². The van der Waals surface area contributed by atoms with Crippen molar-refractivity contribution in [2.75, 3.05) is 0 Å². The van der Waals surface area contributed by atoms with Crippen molar-refractivity contribution in [2.24, 2.45) is 0 Å². The highest BCUT2D eigenvalue weighted by atomic mass is 16.3. The largest absolute Gasteiger partial charge is 0.507 e. The van der Waals surface area contributed by atoms with Crippen molar-refractivity contribution in [1.82, 2.24) is 0 Å². The monoisotopic (exact) mass is 334 g/mol. The molecule has 0 spiro atoms. The van der Waals surface area contributed by atoms with E-state index in [9.17, 15) is 5.11 Å². The Morgan fingerprint density at radius 1 is 0.840 bits per heavy atom. The van der Waals surface area contributed by atoms with Crippen molar-refractivity contribution in [3.05, 3.63) is 69.8 Å². The van der Waals surface area contributed by atoms with Gasteiger partial charge >= 0.3 is 0 Å². The molecule has 3 rings (SSSR count). The molecule has 0 atom stereocenters. The lowest BCUT2D eigenvalue weighted by atomic mass is 9.77. The van der Waals surface area contributed by atoms with Gasteiger partial charge in [-0.25, -0.2) is 0 Å². The Labute approximate surface area is 152 Å². The summed E-state index contributed by atoms with van der Waals surface area (Å²) in [6.07, 6.45) is 0.968. The van der Waals surface area contributed by atoms with Gasteiger partial charge in [-0.1, -0.05) is 77.4 Å². The predicted molar refractivity (Wildman–Crippen MR) is 107 cm³/mol. The molecular formula is C24H30O. The average Bonchev–Trinajstić information content (AvgIpc) is 2.81. The minimum absolute atomic E-state index is 0.0367. The van der Waals surface area contributed by atoms with E-state index in [-0.39, 0.29) is 10.8 Å². The molecule has 2 aromatic rings. The summed E-state index contributed by atoms with van der Waals surface area (Å²) in [6.45, 7) is 15.4. The third-order valence-corrected chi connectivity index (χ3v) is 5.22. The van der Waals surface area contributed by atoms with Crippen molar-refractivity contribution in [2.45, 2.75) is 65.7 Å². The number of rotatable bonds is 1. The number of fused-ring (bicyclic) bond motifs is 1. The molecule has 0 aliphatic heterocycles. The molecule has 1 aliphatic carbocycles. The third-order valence-electron chi connectivity index (χ3n) is 5.22. The van der Waals surface area contributed by atoms with Gasteiger partial charge < -0.3 is 5.11 Å². The van der Waals surface area contributed by atoms with Gasteiger partial charge in [0.05, 0.1) is 0 Å². The van der Waals surface area contributed by atoms with Crippen LogP contribution >= 0.6 is 0 Å². The van der Waals surface area contributed by atoms with Crippen LogP contribution in [-0.4, -0.2) is 5.11 Å². The van der Waals surface area contributed by atoms with Gasteiger partial charge in [0.15, 0.2) is 0 Å². The summed E-state index contributed by atoms with van der Waals surface area (Å²) in [7, 11) is 0. The summed E-state index contributed by atoms with van der Waals surface area (Å²) in [5.74, 6) is 0.437. The number of aromatic hydroxyl groups is 1.